The van der Waals surface area contributed by atoms with Crippen molar-refractivity contribution in [2.45, 2.75) is 95.7 Å². The first-order valence-corrected chi connectivity index (χ1v) is 12.3. The van der Waals surface area contributed by atoms with Gasteiger partial charge in [0.25, 0.3) is 0 Å². The molecule has 0 spiro atoms. The molecule has 1 aromatic rings. The van der Waals surface area contributed by atoms with E-state index in [2.05, 4.69) is 16.4 Å². The molecule has 172 valence electrons. The summed E-state index contributed by atoms with van der Waals surface area (Å²) in [5, 5.41) is 3.74. The van der Waals surface area contributed by atoms with E-state index in [-0.39, 0.29) is 6.04 Å². The van der Waals surface area contributed by atoms with Crippen molar-refractivity contribution in [2.24, 2.45) is 22.6 Å². The molecule has 31 heavy (non-hydrogen) atoms. The minimum Gasteiger partial charge on any atom is -0.369 e. The van der Waals surface area contributed by atoms with Crippen LogP contribution >= 0.6 is 0 Å². The molecule has 0 radical (unpaired) electrons. The first-order valence-electron chi connectivity index (χ1n) is 12.3. The van der Waals surface area contributed by atoms with Gasteiger partial charge in [0.2, 0.25) is 6.41 Å². The number of guanidine groups is 1. The molecular weight excluding hydrogens is 386 g/mol. The van der Waals surface area contributed by atoms with Crippen molar-refractivity contribution in [3.8, 4) is 0 Å². The second kappa shape index (κ2) is 12.8. The molecule has 6 nitrogen and oxygen atoms in total. The van der Waals surface area contributed by atoms with Gasteiger partial charge in [-0.3, -0.25) is 14.7 Å². The SMILES string of the molecule is CN(C=O)C(N)=N[C@H](CCC1CCCCC1)C[C@H]1CCC[C@@H](NCc2cccnc2)C1. The Hall–Kier alpha value is -1.95. The zero-order valence-electron chi connectivity index (χ0n) is 19.2. The molecule has 2 fully saturated rings. The van der Waals surface area contributed by atoms with Gasteiger partial charge in [0.1, 0.15) is 0 Å². The Morgan fingerprint density at radius 3 is 2.81 bits per heavy atom. The summed E-state index contributed by atoms with van der Waals surface area (Å²) in [5.74, 6) is 1.86. The van der Waals surface area contributed by atoms with E-state index in [4.69, 9.17) is 10.7 Å². The molecular formula is C25H41N5O. The maximum Gasteiger partial charge on any atom is 0.216 e. The van der Waals surface area contributed by atoms with Gasteiger partial charge in [0, 0.05) is 32.0 Å². The fourth-order valence-electron chi connectivity index (χ4n) is 5.31. The summed E-state index contributed by atoms with van der Waals surface area (Å²) in [6.07, 6.45) is 19.7. The van der Waals surface area contributed by atoms with Gasteiger partial charge >= 0.3 is 0 Å². The lowest BCUT2D eigenvalue weighted by molar-refractivity contribution is -0.114. The van der Waals surface area contributed by atoms with Gasteiger partial charge in [-0.1, -0.05) is 51.0 Å². The number of pyridine rings is 1. The van der Waals surface area contributed by atoms with E-state index in [1.165, 1.54) is 74.7 Å². The van der Waals surface area contributed by atoms with Crippen molar-refractivity contribution in [1.82, 2.24) is 15.2 Å². The monoisotopic (exact) mass is 427 g/mol. The number of amides is 1. The smallest absolute Gasteiger partial charge is 0.216 e. The van der Waals surface area contributed by atoms with Crippen LogP contribution in [-0.4, -0.2) is 41.4 Å². The second-order valence-corrected chi connectivity index (χ2v) is 9.65. The standard InChI is InChI=1S/C25H41N5O/c1-30(19-31)25(26)29-24(13-12-20-7-3-2-4-8-20)16-21-9-5-11-23(15-21)28-18-22-10-6-14-27-17-22/h6,10,14,17,19-21,23-24,28H,2-5,7-9,11-13,15-16,18H2,1H3,(H2,26,29)/t21-,23+,24+/m0/s1. The highest BCUT2D eigenvalue weighted by Crippen LogP contribution is 2.32. The summed E-state index contributed by atoms with van der Waals surface area (Å²) in [5.41, 5.74) is 7.35. The third-order valence-electron chi connectivity index (χ3n) is 7.17. The van der Waals surface area contributed by atoms with Crippen LogP contribution in [0.4, 0.5) is 0 Å². The van der Waals surface area contributed by atoms with Gasteiger partial charge in [-0.2, -0.15) is 0 Å². The van der Waals surface area contributed by atoms with E-state index >= 15 is 0 Å². The van der Waals surface area contributed by atoms with Crippen molar-refractivity contribution in [1.29, 1.82) is 0 Å². The molecule has 0 aliphatic heterocycles. The van der Waals surface area contributed by atoms with Crippen LogP contribution in [0.2, 0.25) is 0 Å². The van der Waals surface area contributed by atoms with Crippen LogP contribution in [0.15, 0.2) is 29.5 Å². The molecule has 1 heterocycles. The molecule has 2 saturated carbocycles. The van der Waals surface area contributed by atoms with E-state index in [1.54, 1.807) is 7.05 Å². The Balaban J connectivity index is 1.54. The molecule has 0 aromatic carbocycles. The van der Waals surface area contributed by atoms with Crippen molar-refractivity contribution in [3.63, 3.8) is 0 Å². The number of rotatable bonds is 10. The molecule has 3 rings (SSSR count). The molecule has 0 unspecified atom stereocenters. The summed E-state index contributed by atoms with van der Waals surface area (Å²) < 4.78 is 0. The number of carbonyl (C=O) groups is 1. The number of nitrogens with two attached hydrogens (primary N) is 1. The third-order valence-corrected chi connectivity index (χ3v) is 7.17. The number of aromatic nitrogens is 1. The maximum absolute atomic E-state index is 11.1. The van der Waals surface area contributed by atoms with Gasteiger partial charge in [-0.15, -0.1) is 0 Å². The van der Waals surface area contributed by atoms with Gasteiger partial charge in [-0.05, 0) is 55.6 Å². The van der Waals surface area contributed by atoms with Gasteiger partial charge in [0.15, 0.2) is 5.96 Å². The average Bonchev–Trinajstić information content (AvgIpc) is 2.82. The van der Waals surface area contributed by atoms with Crippen LogP contribution in [0, 0.1) is 11.8 Å². The fourth-order valence-corrected chi connectivity index (χ4v) is 5.31. The highest BCUT2D eigenvalue weighted by atomic mass is 16.1. The molecule has 0 saturated heterocycles. The summed E-state index contributed by atoms with van der Waals surface area (Å²) >= 11 is 0. The van der Waals surface area contributed by atoms with E-state index < -0.39 is 0 Å². The first kappa shape index (κ1) is 23.7. The lowest BCUT2D eigenvalue weighted by atomic mass is 9.80. The third kappa shape index (κ3) is 8.24. The Kier molecular flexibility index (Phi) is 9.79. The number of hydrogen-bond donors (Lipinski definition) is 2. The summed E-state index contributed by atoms with van der Waals surface area (Å²) in [4.78, 5) is 21.5. The minimum absolute atomic E-state index is 0.214. The van der Waals surface area contributed by atoms with Crippen LogP contribution in [0.1, 0.15) is 82.6 Å². The van der Waals surface area contributed by atoms with Crippen molar-refractivity contribution in [2.75, 3.05) is 7.05 Å². The highest BCUT2D eigenvalue weighted by Gasteiger charge is 2.25. The van der Waals surface area contributed by atoms with Crippen LogP contribution in [0.25, 0.3) is 0 Å². The van der Waals surface area contributed by atoms with E-state index in [9.17, 15) is 4.79 Å². The lowest BCUT2D eigenvalue weighted by Crippen LogP contribution is -2.36. The van der Waals surface area contributed by atoms with Gasteiger partial charge in [-0.25, -0.2) is 4.99 Å². The van der Waals surface area contributed by atoms with Gasteiger partial charge in [0.05, 0.1) is 6.04 Å². The Labute approximate surface area is 188 Å². The number of nitrogens with one attached hydrogen (secondary N) is 1. The molecule has 3 atom stereocenters. The second-order valence-electron chi connectivity index (χ2n) is 9.65. The fraction of sp³-hybridized carbons (Fsp3) is 0.720. The lowest BCUT2D eigenvalue weighted by Gasteiger charge is -2.32. The van der Waals surface area contributed by atoms with Crippen LogP contribution in [-0.2, 0) is 11.3 Å². The zero-order valence-corrected chi connectivity index (χ0v) is 19.2. The molecule has 2 aliphatic rings. The number of hydrogen-bond acceptors (Lipinski definition) is 4. The Bertz CT molecular complexity index is 674. The zero-order chi connectivity index (χ0) is 21.9. The number of nitrogens with zero attached hydrogens (tertiary/aromatic N) is 3. The summed E-state index contributed by atoms with van der Waals surface area (Å²) in [7, 11) is 1.68. The predicted molar refractivity (Wildman–Crippen MR) is 126 cm³/mol. The topological polar surface area (TPSA) is 83.6 Å². The normalized spacial score (nSPS) is 24.0. The minimum atomic E-state index is 0.214. The van der Waals surface area contributed by atoms with Crippen LogP contribution in [0.5, 0.6) is 0 Å². The largest absolute Gasteiger partial charge is 0.369 e. The highest BCUT2D eigenvalue weighted by molar-refractivity contribution is 5.87. The van der Waals surface area contributed by atoms with Crippen molar-refractivity contribution >= 4 is 12.4 Å². The van der Waals surface area contributed by atoms with Crippen molar-refractivity contribution in [3.05, 3.63) is 30.1 Å². The number of aliphatic imine (C=N–C) groups is 1. The van der Waals surface area contributed by atoms with E-state index in [0.717, 1.165) is 31.7 Å². The Morgan fingerprint density at radius 2 is 2.06 bits per heavy atom. The van der Waals surface area contributed by atoms with E-state index in [0.29, 0.717) is 17.9 Å². The van der Waals surface area contributed by atoms with E-state index in [1.807, 2.05) is 18.5 Å². The van der Waals surface area contributed by atoms with Crippen molar-refractivity contribution < 1.29 is 4.79 Å². The van der Waals surface area contributed by atoms with Gasteiger partial charge < -0.3 is 11.1 Å². The Morgan fingerprint density at radius 1 is 1.26 bits per heavy atom. The molecule has 6 heteroatoms. The quantitative estimate of drug-likeness (QED) is 0.332. The molecule has 1 amide bonds. The van der Waals surface area contributed by atoms with Crippen LogP contribution in [0.3, 0.4) is 0 Å². The molecule has 1 aromatic heterocycles. The molecule has 2 aliphatic carbocycles. The predicted octanol–water partition coefficient (Wildman–Crippen LogP) is 4.25. The summed E-state index contributed by atoms with van der Waals surface area (Å²) in [6.45, 7) is 0.881. The summed E-state index contributed by atoms with van der Waals surface area (Å²) in [6, 6.07) is 4.89. The number of carbonyl (C=O) groups excluding carboxylic acids is 1. The molecule has 3 N–H and O–H groups in total. The van der Waals surface area contributed by atoms with Crippen LogP contribution < -0.4 is 11.1 Å². The first-order chi connectivity index (χ1) is 15.1. The molecule has 0 bridgehead atoms. The maximum atomic E-state index is 11.1. The average molecular weight is 428 g/mol.